The first-order valence-corrected chi connectivity index (χ1v) is 7.42. The first-order valence-electron chi connectivity index (χ1n) is 6.63. The highest BCUT2D eigenvalue weighted by Gasteiger charge is 2.15. The third kappa shape index (κ3) is 4.60. The zero-order valence-corrected chi connectivity index (χ0v) is 12.7. The second kappa shape index (κ2) is 7.03. The molecule has 1 unspecified atom stereocenters. The largest absolute Gasteiger partial charge is 0.348 e. The van der Waals surface area contributed by atoms with Crippen LogP contribution in [0, 0.1) is 0 Å². The van der Waals surface area contributed by atoms with Crippen LogP contribution in [-0.2, 0) is 4.79 Å². The number of carbonyl (C=O) groups is 1. The summed E-state index contributed by atoms with van der Waals surface area (Å²) in [5.74, 6) is 0.0947. The van der Waals surface area contributed by atoms with Gasteiger partial charge in [-0.2, -0.15) is 0 Å². The van der Waals surface area contributed by atoms with Gasteiger partial charge in [0.15, 0.2) is 0 Å². The molecule has 1 amide bonds. The number of piperazine rings is 1. The van der Waals surface area contributed by atoms with Gasteiger partial charge < -0.3 is 10.6 Å². The molecule has 0 aliphatic carbocycles. The molecule has 0 saturated carbocycles. The van der Waals surface area contributed by atoms with Crippen molar-refractivity contribution in [3.63, 3.8) is 0 Å². The quantitative estimate of drug-likeness (QED) is 0.882. The maximum Gasteiger partial charge on any atom is 0.234 e. The molecule has 1 aliphatic heterocycles. The van der Waals surface area contributed by atoms with Gasteiger partial charge in [0.2, 0.25) is 5.91 Å². The van der Waals surface area contributed by atoms with E-state index >= 15 is 0 Å². The molecule has 1 fully saturated rings. The second-order valence-electron chi connectivity index (χ2n) is 4.87. The number of halogens is 1. The van der Waals surface area contributed by atoms with E-state index < -0.39 is 0 Å². The van der Waals surface area contributed by atoms with Gasteiger partial charge in [-0.25, -0.2) is 0 Å². The summed E-state index contributed by atoms with van der Waals surface area (Å²) in [5.41, 5.74) is 1.12. The predicted octanol–water partition coefficient (Wildman–Crippen LogP) is 1.53. The lowest BCUT2D eigenvalue weighted by Gasteiger charge is -2.27. The van der Waals surface area contributed by atoms with Gasteiger partial charge in [-0.1, -0.05) is 28.1 Å². The average Bonchev–Trinajstić information content (AvgIpc) is 2.40. The van der Waals surface area contributed by atoms with Crippen molar-refractivity contribution in [3.05, 3.63) is 34.3 Å². The minimum atomic E-state index is 0.0449. The van der Waals surface area contributed by atoms with E-state index in [-0.39, 0.29) is 11.9 Å². The first-order chi connectivity index (χ1) is 9.15. The molecule has 0 radical (unpaired) electrons. The Morgan fingerprint density at radius 3 is 2.63 bits per heavy atom. The molecular formula is C14H20BrN3O. The third-order valence-corrected chi connectivity index (χ3v) is 3.85. The van der Waals surface area contributed by atoms with Crippen molar-refractivity contribution in [1.82, 2.24) is 15.5 Å². The maximum atomic E-state index is 12.0. The molecule has 2 N–H and O–H groups in total. The Labute approximate surface area is 122 Å². The smallest absolute Gasteiger partial charge is 0.234 e. The third-order valence-electron chi connectivity index (χ3n) is 3.32. The van der Waals surface area contributed by atoms with Crippen LogP contribution in [0.3, 0.4) is 0 Å². The maximum absolute atomic E-state index is 12.0. The number of rotatable bonds is 4. The van der Waals surface area contributed by atoms with E-state index in [0.717, 1.165) is 36.2 Å². The Morgan fingerprint density at radius 2 is 2.00 bits per heavy atom. The highest BCUT2D eigenvalue weighted by atomic mass is 79.9. The second-order valence-corrected chi connectivity index (χ2v) is 5.78. The average molecular weight is 326 g/mol. The molecule has 19 heavy (non-hydrogen) atoms. The van der Waals surface area contributed by atoms with E-state index in [0.29, 0.717) is 6.54 Å². The van der Waals surface area contributed by atoms with Gasteiger partial charge in [0.1, 0.15) is 0 Å². The number of benzene rings is 1. The fourth-order valence-corrected chi connectivity index (χ4v) is 2.46. The monoisotopic (exact) mass is 325 g/mol. The van der Waals surface area contributed by atoms with Gasteiger partial charge in [-0.15, -0.1) is 0 Å². The van der Waals surface area contributed by atoms with Crippen molar-refractivity contribution in [1.29, 1.82) is 0 Å². The molecule has 0 aromatic heterocycles. The number of nitrogens with one attached hydrogen (secondary N) is 2. The Balaban J connectivity index is 1.82. The first kappa shape index (κ1) is 14.5. The summed E-state index contributed by atoms with van der Waals surface area (Å²) in [7, 11) is 0. The van der Waals surface area contributed by atoms with E-state index in [4.69, 9.17) is 0 Å². The van der Waals surface area contributed by atoms with Crippen LogP contribution in [0.4, 0.5) is 0 Å². The predicted molar refractivity (Wildman–Crippen MR) is 80.0 cm³/mol. The van der Waals surface area contributed by atoms with Gasteiger partial charge in [0.05, 0.1) is 12.6 Å². The topological polar surface area (TPSA) is 44.4 Å². The van der Waals surface area contributed by atoms with Crippen LogP contribution in [0.2, 0.25) is 0 Å². The lowest BCUT2D eigenvalue weighted by molar-refractivity contribution is -0.123. The van der Waals surface area contributed by atoms with Gasteiger partial charge in [-0.3, -0.25) is 9.69 Å². The van der Waals surface area contributed by atoms with Gasteiger partial charge >= 0.3 is 0 Å². The standard InChI is InChI=1S/C14H20BrN3O/c1-11(12-2-4-13(15)5-3-12)17-14(19)10-18-8-6-16-7-9-18/h2-5,11,16H,6-10H2,1H3,(H,17,19). The lowest BCUT2D eigenvalue weighted by atomic mass is 10.1. The van der Waals surface area contributed by atoms with Crippen LogP contribution in [0.5, 0.6) is 0 Å². The summed E-state index contributed by atoms with van der Waals surface area (Å²) in [5, 5.41) is 6.33. The van der Waals surface area contributed by atoms with Crippen LogP contribution in [0.25, 0.3) is 0 Å². The number of hydrogen-bond donors (Lipinski definition) is 2. The number of amides is 1. The van der Waals surface area contributed by atoms with Gasteiger partial charge in [0, 0.05) is 30.7 Å². The van der Waals surface area contributed by atoms with E-state index in [1.54, 1.807) is 0 Å². The van der Waals surface area contributed by atoms with Crippen molar-refractivity contribution in [2.75, 3.05) is 32.7 Å². The van der Waals surface area contributed by atoms with E-state index in [1.165, 1.54) is 0 Å². The molecular weight excluding hydrogens is 306 g/mol. The normalized spacial score (nSPS) is 18.0. The SMILES string of the molecule is CC(NC(=O)CN1CCNCC1)c1ccc(Br)cc1. The Morgan fingerprint density at radius 1 is 1.37 bits per heavy atom. The van der Waals surface area contributed by atoms with Crippen molar-refractivity contribution in [2.45, 2.75) is 13.0 Å². The van der Waals surface area contributed by atoms with Gasteiger partial charge in [-0.05, 0) is 24.6 Å². The molecule has 1 saturated heterocycles. The summed E-state index contributed by atoms with van der Waals surface area (Å²) in [6.07, 6.45) is 0. The minimum absolute atomic E-state index is 0.0449. The minimum Gasteiger partial charge on any atom is -0.348 e. The van der Waals surface area contributed by atoms with Crippen molar-refractivity contribution in [2.24, 2.45) is 0 Å². The van der Waals surface area contributed by atoms with Crippen LogP contribution < -0.4 is 10.6 Å². The molecule has 1 aliphatic rings. The summed E-state index contributed by atoms with van der Waals surface area (Å²) in [4.78, 5) is 14.2. The van der Waals surface area contributed by atoms with Gasteiger partial charge in [0.25, 0.3) is 0 Å². The Bertz CT molecular complexity index is 415. The molecule has 0 spiro atoms. The van der Waals surface area contributed by atoms with Crippen molar-refractivity contribution >= 4 is 21.8 Å². The Hall–Kier alpha value is -0.910. The van der Waals surface area contributed by atoms with Crippen LogP contribution >= 0.6 is 15.9 Å². The molecule has 1 atom stereocenters. The Kier molecular flexibility index (Phi) is 5.36. The highest BCUT2D eigenvalue weighted by Crippen LogP contribution is 2.16. The number of carbonyl (C=O) groups excluding carboxylic acids is 1. The summed E-state index contributed by atoms with van der Waals surface area (Å²) >= 11 is 3.41. The van der Waals surface area contributed by atoms with Crippen molar-refractivity contribution < 1.29 is 4.79 Å². The highest BCUT2D eigenvalue weighted by molar-refractivity contribution is 9.10. The molecule has 2 rings (SSSR count). The van der Waals surface area contributed by atoms with E-state index in [2.05, 4.69) is 31.5 Å². The van der Waals surface area contributed by atoms with Crippen LogP contribution in [-0.4, -0.2) is 43.5 Å². The molecule has 4 nitrogen and oxygen atoms in total. The van der Waals surface area contributed by atoms with E-state index in [1.807, 2.05) is 31.2 Å². The van der Waals surface area contributed by atoms with Crippen LogP contribution in [0.1, 0.15) is 18.5 Å². The number of hydrogen-bond acceptors (Lipinski definition) is 3. The fourth-order valence-electron chi connectivity index (χ4n) is 2.19. The number of nitrogens with zero attached hydrogens (tertiary/aromatic N) is 1. The molecule has 5 heteroatoms. The molecule has 0 bridgehead atoms. The summed E-state index contributed by atoms with van der Waals surface area (Å²) < 4.78 is 1.05. The lowest BCUT2D eigenvalue weighted by Crippen LogP contribution is -2.47. The summed E-state index contributed by atoms with van der Waals surface area (Å²) in [6, 6.07) is 8.09. The van der Waals surface area contributed by atoms with E-state index in [9.17, 15) is 4.79 Å². The molecule has 104 valence electrons. The fraction of sp³-hybridized carbons (Fsp3) is 0.500. The molecule has 1 aromatic rings. The molecule has 1 aromatic carbocycles. The summed E-state index contributed by atoms with van der Waals surface area (Å²) in [6.45, 7) is 6.33. The van der Waals surface area contributed by atoms with Crippen LogP contribution in [0.15, 0.2) is 28.7 Å². The zero-order valence-electron chi connectivity index (χ0n) is 11.2. The molecule has 1 heterocycles. The zero-order chi connectivity index (χ0) is 13.7. The van der Waals surface area contributed by atoms with Crippen molar-refractivity contribution in [3.8, 4) is 0 Å².